The number of urea groups is 1. The summed E-state index contributed by atoms with van der Waals surface area (Å²) in [5, 5.41) is 10.7. The second-order valence-electron chi connectivity index (χ2n) is 5.27. The van der Waals surface area contributed by atoms with Crippen LogP contribution < -0.4 is 5.32 Å². The third-order valence-electron chi connectivity index (χ3n) is 3.79. The van der Waals surface area contributed by atoms with Crippen LogP contribution in [0.1, 0.15) is 27.2 Å². The molecule has 2 rings (SSSR count). The average Bonchev–Trinajstić information content (AvgIpc) is 2.53. The number of amides is 2. The van der Waals surface area contributed by atoms with Gasteiger partial charge < -0.3 is 9.80 Å². The molecule has 2 amide bonds. The minimum atomic E-state index is -0.417. The van der Waals surface area contributed by atoms with Gasteiger partial charge >= 0.3 is 6.03 Å². The molecule has 5 nitrogen and oxygen atoms in total. The Hall–Kier alpha value is -1.10. The standard InChI is InChI=1S/C11H20N4O/c1-7(2)15-10(16)13-9(12)11(15)5-8(3)14(4)6-11/h7-8H,5-6H2,1-4H3,(H2,12,13,16). The molecular formula is C11H20N4O. The van der Waals surface area contributed by atoms with Crippen LogP contribution in [0.25, 0.3) is 0 Å². The largest absolute Gasteiger partial charge is 0.323 e. The maximum absolute atomic E-state index is 11.9. The van der Waals surface area contributed by atoms with Crippen LogP contribution >= 0.6 is 0 Å². The molecule has 90 valence electrons. The van der Waals surface area contributed by atoms with Crippen molar-refractivity contribution in [2.75, 3.05) is 13.6 Å². The normalized spacial score (nSPS) is 35.6. The second-order valence-corrected chi connectivity index (χ2v) is 5.27. The number of carbonyl (C=O) groups is 1. The Morgan fingerprint density at radius 1 is 1.56 bits per heavy atom. The Bertz CT molecular complexity index is 329. The average molecular weight is 224 g/mol. The molecule has 2 aliphatic rings. The molecule has 0 radical (unpaired) electrons. The zero-order valence-electron chi connectivity index (χ0n) is 10.4. The Morgan fingerprint density at radius 3 is 2.62 bits per heavy atom. The summed E-state index contributed by atoms with van der Waals surface area (Å²) in [4.78, 5) is 15.9. The van der Waals surface area contributed by atoms with Crippen LogP contribution in [0.3, 0.4) is 0 Å². The fraction of sp³-hybridized carbons (Fsp3) is 0.818. The van der Waals surface area contributed by atoms with Crippen molar-refractivity contribution in [2.24, 2.45) is 0 Å². The number of carbonyl (C=O) groups excluding carboxylic acids is 1. The molecule has 2 saturated heterocycles. The number of rotatable bonds is 1. The van der Waals surface area contributed by atoms with Gasteiger partial charge in [-0.15, -0.1) is 0 Å². The lowest BCUT2D eigenvalue weighted by Crippen LogP contribution is -2.53. The van der Waals surface area contributed by atoms with E-state index in [0.717, 1.165) is 13.0 Å². The molecule has 2 fully saturated rings. The molecule has 0 aromatic heterocycles. The van der Waals surface area contributed by atoms with Crippen molar-refractivity contribution in [2.45, 2.75) is 44.8 Å². The summed E-state index contributed by atoms with van der Waals surface area (Å²) < 4.78 is 0. The van der Waals surface area contributed by atoms with Gasteiger partial charge in [-0.2, -0.15) is 0 Å². The van der Waals surface area contributed by atoms with E-state index in [4.69, 9.17) is 5.41 Å². The zero-order valence-corrected chi connectivity index (χ0v) is 10.4. The molecule has 2 N–H and O–H groups in total. The summed E-state index contributed by atoms with van der Waals surface area (Å²) >= 11 is 0. The lowest BCUT2D eigenvalue weighted by Gasteiger charge is -2.35. The summed E-state index contributed by atoms with van der Waals surface area (Å²) in [5.41, 5.74) is -0.417. The number of hydrogen-bond donors (Lipinski definition) is 2. The van der Waals surface area contributed by atoms with Crippen LogP contribution in [0.5, 0.6) is 0 Å². The Balaban J connectivity index is 2.37. The van der Waals surface area contributed by atoms with Crippen LogP contribution in [0.15, 0.2) is 0 Å². The van der Waals surface area contributed by atoms with Crippen LogP contribution in [-0.4, -0.2) is 52.9 Å². The van der Waals surface area contributed by atoms with E-state index in [1.165, 1.54) is 0 Å². The van der Waals surface area contributed by atoms with E-state index in [-0.39, 0.29) is 12.1 Å². The number of hydrogen-bond acceptors (Lipinski definition) is 3. The van der Waals surface area contributed by atoms with Gasteiger partial charge in [0.2, 0.25) is 0 Å². The van der Waals surface area contributed by atoms with Gasteiger partial charge in [0.1, 0.15) is 11.4 Å². The van der Waals surface area contributed by atoms with Crippen molar-refractivity contribution >= 4 is 11.9 Å². The molecule has 2 heterocycles. The molecular weight excluding hydrogens is 204 g/mol. The first-order chi connectivity index (χ1) is 7.38. The monoisotopic (exact) mass is 224 g/mol. The highest BCUT2D eigenvalue weighted by Gasteiger charge is 2.55. The summed E-state index contributed by atoms with van der Waals surface area (Å²) in [6.45, 7) is 6.90. The third-order valence-corrected chi connectivity index (χ3v) is 3.79. The summed E-state index contributed by atoms with van der Waals surface area (Å²) in [7, 11) is 2.05. The lowest BCUT2D eigenvalue weighted by atomic mass is 9.93. The molecule has 2 aliphatic heterocycles. The van der Waals surface area contributed by atoms with Gasteiger partial charge in [-0.25, -0.2) is 4.79 Å². The fourth-order valence-corrected chi connectivity index (χ4v) is 2.96. The number of likely N-dealkylation sites (N-methyl/N-ethyl adjacent to an activating group) is 1. The Kier molecular flexibility index (Phi) is 2.45. The van der Waals surface area contributed by atoms with Crippen molar-refractivity contribution in [3.05, 3.63) is 0 Å². The lowest BCUT2D eigenvalue weighted by molar-refractivity contribution is 0.152. The topological polar surface area (TPSA) is 59.4 Å². The maximum Gasteiger partial charge on any atom is 0.323 e. The predicted molar refractivity (Wildman–Crippen MR) is 62.7 cm³/mol. The highest BCUT2D eigenvalue weighted by atomic mass is 16.2. The van der Waals surface area contributed by atoms with Gasteiger partial charge in [0.15, 0.2) is 0 Å². The second kappa shape index (κ2) is 3.45. The van der Waals surface area contributed by atoms with Crippen LogP contribution in [0, 0.1) is 5.41 Å². The van der Waals surface area contributed by atoms with Crippen molar-refractivity contribution in [1.82, 2.24) is 15.1 Å². The number of nitrogens with zero attached hydrogens (tertiary/aromatic N) is 2. The third kappa shape index (κ3) is 1.34. The summed E-state index contributed by atoms with van der Waals surface area (Å²) in [5.74, 6) is 0.363. The summed E-state index contributed by atoms with van der Waals surface area (Å²) in [6, 6.07) is 0.415. The van der Waals surface area contributed by atoms with Crippen LogP contribution in [-0.2, 0) is 0 Å². The van der Waals surface area contributed by atoms with E-state index >= 15 is 0 Å². The molecule has 16 heavy (non-hydrogen) atoms. The highest BCUT2D eigenvalue weighted by Crippen LogP contribution is 2.36. The van der Waals surface area contributed by atoms with Gasteiger partial charge in [0.25, 0.3) is 0 Å². The van der Waals surface area contributed by atoms with E-state index < -0.39 is 5.54 Å². The van der Waals surface area contributed by atoms with Gasteiger partial charge in [-0.1, -0.05) is 0 Å². The molecule has 0 bridgehead atoms. The minimum Gasteiger partial charge on any atom is -0.308 e. The molecule has 0 aromatic rings. The molecule has 2 unspecified atom stereocenters. The van der Waals surface area contributed by atoms with Gasteiger partial charge in [-0.3, -0.25) is 10.7 Å². The van der Waals surface area contributed by atoms with E-state index in [9.17, 15) is 4.79 Å². The maximum atomic E-state index is 11.9. The SMILES string of the molecule is CC1CC2(CN1C)C(=N)NC(=O)N2C(C)C. The zero-order chi connectivity index (χ0) is 12.1. The van der Waals surface area contributed by atoms with Gasteiger partial charge in [0.05, 0.1) is 0 Å². The quantitative estimate of drug-likeness (QED) is 0.694. The van der Waals surface area contributed by atoms with Crippen molar-refractivity contribution < 1.29 is 4.79 Å². The predicted octanol–water partition coefficient (Wildman–Crippen LogP) is 0.860. The van der Waals surface area contributed by atoms with Crippen LogP contribution in [0.2, 0.25) is 0 Å². The van der Waals surface area contributed by atoms with E-state index in [2.05, 4.69) is 17.1 Å². The molecule has 2 atom stereocenters. The highest BCUT2D eigenvalue weighted by molar-refractivity contribution is 6.09. The van der Waals surface area contributed by atoms with E-state index in [1.807, 2.05) is 25.8 Å². The number of amidine groups is 1. The fourth-order valence-electron chi connectivity index (χ4n) is 2.96. The van der Waals surface area contributed by atoms with Crippen LogP contribution in [0.4, 0.5) is 4.79 Å². The number of likely N-dealkylation sites (tertiary alicyclic amines) is 1. The number of nitrogens with one attached hydrogen (secondary N) is 2. The molecule has 1 spiro atoms. The van der Waals surface area contributed by atoms with Gasteiger partial charge in [-0.05, 0) is 34.2 Å². The first-order valence-electron chi connectivity index (χ1n) is 5.78. The Morgan fingerprint density at radius 2 is 2.19 bits per heavy atom. The molecule has 0 aliphatic carbocycles. The Labute approximate surface area is 96.3 Å². The van der Waals surface area contributed by atoms with Gasteiger partial charge in [0, 0.05) is 18.6 Å². The molecule has 0 aromatic carbocycles. The first-order valence-corrected chi connectivity index (χ1v) is 5.78. The van der Waals surface area contributed by atoms with Crippen molar-refractivity contribution in [3.63, 3.8) is 0 Å². The van der Waals surface area contributed by atoms with Crippen molar-refractivity contribution in [3.8, 4) is 0 Å². The molecule has 0 saturated carbocycles. The van der Waals surface area contributed by atoms with E-state index in [1.54, 1.807) is 0 Å². The molecule has 5 heteroatoms. The van der Waals surface area contributed by atoms with E-state index in [0.29, 0.717) is 11.9 Å². The summed E-state index contributed by atoms with van der Waals surface area (Å²) in [6.07, 6.45) is 0.846. The smallest absolute Gasteiger partial charge is 0.308 e. The van der Waals surface area contributed by atoms with Crippen molar-refractivity contribution in [1.29, 1.82) is 5.41 Å². The first kappa shape index (κ1) is 11.4. The minimum absolute atomic E-state index is 0.123.